The predicted octanol–water partition coefficient (Wildman–Crippen LogP) is 2.30. The molecule has 0 unspecified atom stereocenters. The minimum Gasteiger partial charge on any atom is -0.335 e. The van der Waals surface area contributed by atoms with Crippen molar-refractivity contribution in [3.8, 4) is 10.4 Å². The van der Waals surface area contributed by atoms with Gasteiger partial charge in [0, 0.05) is 37.2 Å². The van der Waals surface area contributed by atoms with E-state index in [0.29, 0.717) is 28.1 Å². The van der Waals surface area contributed by atoms with Gasteiger partial charge in [-0.3, -0.25) is 4.79 Å². The number of hydrogen-bond donors (Lipinski definition) is 1. The zero-order valence-corrected chi connectivity index (χ0v) is 13.0. The molecule has 1 aromatic heterocycles. The number of nitrogens with one attached hydrogen (secondary N) is 1. The molecule has 2 aliphatic rings. The zero-order chi connectivity index (χ0) is 15.3. The van der Waals surface area contributed by atoms with Crippen LogP contribution in [-0.4, -0.2) is 41.5 Å². The fraction of sp³-hybridized carbons (Fsp3) is 0.375. The van der Waals surface area contributed by atoms with Gasteiger partial charge in [0.1, 0.15) is 11.5 Å². The summed E-state index contributed by atoms with van der Waals surface area (Å²) in [7, 11) is 0. The number of benzene rings is 1. The number of halogens is 1. The van der Waals surface area contributed by atoms with E-state index < -0.39 is 0 Å². The first-order chi connectivity index (χ1) is 10.6. The molecule has 0 aliphatic carbocycles. The summed E-state index contributed by atoms with van der Waals surface area (Å²) in [5.74, 6) is 0.155. The van der Waals surface area contributed by atoms with Crippen LogP contribution in [0.1, 0.15) is 15.5 Å². The molecule has 3 heterocycles. The third-order valence-electron chi connectivity index (χ3n) is 4.43. The predicted molar refractivity (Wildman–Crippen MR) is 83.4 cm³/mol. The minimum atomic E-state index is -0.316. The summed E-state index contributed by atoms with van der Waals surface area (Å²) in [5.41, 5.74) is 0.839. The summed E-state index contributed by atoms with van der Waals surface area (Å²) in [6, 6.07) is 6.97. The number of rotatable bonds is 2. The third-order valence-corrected chi connectivity index (χ3v) is 5.43. The van der Waals surface area contributed by atoms with Crippen LogP contribution in [0.25, 0.3) is 10.4 Å². The first-order valence-electron chi connectivity index (χ1n) is 7.38. The van der Waals surface area contributed by atoms with Crippen LogP contribution >= 0.6 is 11.3 Å². The van der Waals surface area contributed by atoms with E-state index in [1.807, 2.05) is 11.8 Å². The maximum Gasteiger partial charge on any atom is 0.274 e. The largest absolute Gasteiger partial charge is 0.335 e. The van der Waals surface area contributed by atoms with E-state index >= 15 is 0 Å². The molecule has 2 aromatic rings. The second-order valence-electron chi connectivity index (χ2n) is 5.88. The number of hydrogen-bond acceptors (Lipinski definition) is 4. The van der Waals surface area contributed by atoms with Gasteiger partial charge in [-0.05, 0) is 13.0 Å². The Morgan fingerprint density at radius 1 is 1.41 bits per heavy atom. The number of nitrogens with zero attached hydrogens (tertiary/aromatic N) is 2. The lowest BCUT2D eigenvalue weighted by Gasteiger charge is -2.29. The molecule has 22 heavy (non-hydrogen) atoms. The van der Waals surface area contributed by atoms with Gasteiger partial charge in [-0.25, -0.2) is 9.37 Å². The number of carbonyl (C=O) groups excluding carboxylic acids is 1. The second kappa shape index (κ2) is 5.14. The highest BCUT2D eigenvalue weighted by Gasteiger charge is 2.41. The first kappa shape index (κ1) is 13.8. The lowest BCUT2D eigenvalue weighted by molar-refractivity contribution is 0.0785. The number of aromatic nitrogens is 1. The maximum absolute atomic E-state index is 14.1. The van der Waals surface area contributed by atoms with Gasteiger partial charge in [-0.2, -0.15) is 0 Å². The molecular weight excluding hydrogens is 301 g/mol. The first-order valence-corrected chi connectivity index (χ1v) is 8.20. The number of amides is 1. The molecule has 0 saturated carbocycles. The van der Waals surface area contributed by atoms with E-state index in [-0.39, 0.29) is 11.7 Å². The highest BCUT2D eigenvalue weighted by molar-refractivity contribution is 7.15. The fourth-order valence-electron chi connectivity index (χ4n) is 3.17. The fourth-order valence-corrected chi connectivity index (χ4v) is 4.10. The van der Waals surface area contributed by atoms with E-state index in [1.54, 1.807) is 18.2 Å². The number of carbonyl (C=O) groups is 1. The molecule has 6 heteroatoms. The van der Waals surface area contributed by atoms with Crippen molar-refractivity contribution in [2.75, 3.05) is 19.6 Å². The molecular formula is C16H16FN3OS. The lowest BCUT2D eigenvalue weighted by Crippen LogP contribution is -2.51. The average Bonchev–Trinajstić information content (AvgIpc) is 3.00. The number of thiazole rings is 1. The van der Waals surface area contributed by atoms with Crippen molar-refractivity contribution >= 4 is 17.2 Å². The Morgan fingerprint density at radius 2 is 2.23 bits per heavy atom. The van der Waals surface area contributed by atoms with Crippen molar-refractivity contribution in [3.05, 3.63) is 40.8 Å². The summed E-state index contributed by atoms with van der Waals surface area (Å²) < 4.78 is 14.1. The van der Waals surface area contributed by atoms with Gasteiger partial charge in [-0.1, -0.05) is 18.2 Å². The molecule has 0 bridgehead atoms. The Morgan fingerprint density at radius 3 is 2.86 bits per heavy atom. The second-order valence-corrected chi connectivity index (χ2v) is 7.08. The summed E-state index contributed by atoms with van der Waals surface area (Å²) >= 11 is 1.37. The highest BCUT2D eigenvalue weighted by atomic mass is 32.1. The Labute approximate surface area is 132 Å². The topological polar surface area (TPSA) is 45.2 Å². The normalized spacial score (nSPS) is 23.3. The van der Waals surface area contributed by atoms with Crippen LogP contribution in [0.15, 0.2) is 24.3 Å². The molecule has 114 valence electrons. The number of fused-ring (bicyclic) bond motifs is 1. The van der Waals surface area contributed by atoms with Crippen molar-refractivity contribution in [3.63, 3.8) is 0 Å². The quantitative estimate of drug-likeness (QED) is 0.924. The lowest BCUT2D eigenvalue weighted by atomic mass is 9.96. The van der Waals surface area contributed by atoms with Gasteiger partial charge in [0.15, 0.2) is 0 Å². The summed E-state index contributed by atoms with van der Waals surface area (Å²) in [6.07, 6.45) is 0. The maximum atomic E-state index is 14.1. The smallest absolute Gasteiger partial charge is 0.274 e. The molecule has 2 saturated heterocycles. The van der Waals surface area contributed by atoms with Crippen LogP contribution < -0.4 is 5.32 Å². The number of aryl methyl sites for hydroxylation is 1. The molecule has 4 rings (SSSR count). The highest BCUT2D eigenvalue weighted by Crippen LogP contribution is 2.34. The van der Waals surface area contributed by atoms with Gasteiger partial charge >= 0.3 is 0 Å². The summed E-state index contributed by atoms with van der Waals surface area (Å²) in [6.45, 7) is 4.31. The van der Waals surface area contributed by atoms with Gasteiger partial charge in [0.05, 0.1) is 9.88 Å². The van der Waals surface area contributed by atoms with Crippen molar-refractivity contribution in [1.29, 1.82) is 0 Å². The molecule has 1 aromatic carbocycles. The van der Waals surface area contributed by atoms with Crippen LogP contribution in [0.5, 0.6) is 0 Å². The number of likely N-dealkylation sites (tertiary alicyclic amines) is 1. The SMILES string of the molecule is Cc1nc(C(=O)N2C[C@H]3CN[C@@H]3C2)c(-c2ccccc2F)s1. The van der Waals surface area contributed by atoms with Crippen molar-refractivity contribution < 1.29 is 9.18 Å². The van der Waals surface area contributed by atoms with Crippen molar-refractivity contribution in [2.24, 2.45) is 5.92 Å². The van der Waals surface area contributed by atoms with Gasteiger partial charge < -0.3 is 10.2 Å². The molecule has 2 fully saturated rings. The molecule has 2 atom stereocenters. The van der Waals surface area contributed by atoms with Gasteiger partial charge in [0.25, 0.3) is 5.91 Å². The van der Waals surface area contributed by atoms with Gasteiger partial charge in [-0.15, -0.1) is 11.3 Å². The van der Waals surface area contributed by atoms with Crippen molar-refractivity contribution in [1.82, 2.24) is 15.2 Å². The van der Waals surface area contributed by atoms with Crippen LogP contribution in [-0.2, 0) is 0 Å². The molecule has 2 aliphatic heterocycles. The molecule has 0 radical (unpaired) electrons. The Balaban J connectivity index is 1.70. The van der Waals surface area contributed by atoms with Crippen LogP contribution in [0, 0.1) is 18.7 Å². The zero-order valence-electron chi connectivity index (χ0n) is 12.2. The summed E-state index contributed by atoms with van der Waals surface area (Å²) in [4.78, 5) is 19.7. The van der Waals surface area contributed by atoms with E-state index in [9.17, 15) is 9.18 Å². The van der Waals surface area contributed by atoms with E-state index in [1.165, 1.54) is 17.4 Å². The standard InChI is InChI=1S/C16H16FN3OS/c1-9-19-14(15(22-9)11-4-2-3-5-12(11)17)16(21)20-7-10-6-18-13(10)8-20/h2-5,10,13,18H,6-8H2,1H3/t10-,13-/m1/s1. The Hall–Kier alpha value is -1.79. The Kier molecular flexibility index (Phi) is 3.23. The van der Waals surface area contributed by atoms with Crippen LogP contribution in [0.2, 0.25) is 0 Å². The minimum absolute atomic E-state index is 0.0844. The van der Waals surface area contributed by atoms with Gasteiger partial charge in [0.2, 0.25) is 0 Å². The van der Waals surface area contributed by atoms with Crippen LogP contribution in [0.3, 0.4) is 0 Å². The third kappa shape index (κ3) is 2.14. The van der Waals surface area contributed by atoms with E-state index in [0.717, 1.165) is 24.6 Å². The monoisotopic (exact) mass is 317 g/mol. The average molecular weight is 317 g/mol. The van der Waals surface area contributed by atoms with E-state index in [4.69, 9.17) is 0 Å². The molecule has 1 N–H and O–H groups in total. The van der Waals surface area contributed by atoms with Crippen molar-refractivity contribution in [2.45, 2.75) is 13.0 Å². The molecule has 4 nitrogen and oxygen atoms in total. The molecule has 0 spiro atoms. The molecule has 1 amide bonds. The van der Waals surface area contributed by atoms with Crippen LogP contribution in [0.4, 0.5) is 4.39 Å². The Bertz CT molecular complexity index is 733. The van der Waals surface area contributed by atoms with E-state index in [2.05, 4.69) is 10.3 Å². The summed E-state index contributed by atoms with van der Waals surface area (Å²) in [5, 5.41) is 4.11.